The Morgan fingerprint density at radius 2 is 2.04 bits per heavy atom. The molecule has 0 spiro atoms. The Kier molecular flexibility index (Phi) is 4.20. The van der Waals surface area contributed by atoms with Crippen molar-refractivity contribution in [2.45, 2.75) is 6.17 Å². The van der Waals surface area contributed by atoms with Crippen LogP contribution >= 0.6 is 23.2 Å². The average molecular weight is 349 g/mol. The van der Waals surface area contributed by atoms with Crippen molar-refractivity contribution in [1.29, 1.82) is 0 Å². The van der Waals surface area contributed by atoms with E-state index in [4.69, 9.17) is 23.2 Å². The second-order valence-corrected chi connectivity index (χ2v) is 6.01. The molecule has 6 heteroatoms. The number of amides is 1. The molecule has 23 heavy (non-hydrogen) atoms. The van der Waals surface area contributed by atoms with Crippen molar-refractivity contribution >= 4 is 34.8 Å². The minimum absolute atomic E-state index is 0.102. The van der Waals surface area contributed by atoms with Crippen molar-refractivity contribution in [3.05, 3.63) is 70.2 Å². The summed E-state index contributed by atoms with van der Waals surface area (Å²) in [4.78, 5) is 14.3. The van der Waals surface area contributed by atoms with Crippen LogP contribution in [0.1, 0.15) is 22.1 Å². The minimum atomic E-state index is -0.591. The number of nitrogens with one attached hydrogen (secondary N) is 1. The molecule has 1 atom stereocenters. The lowest BCUT2D eigenvalue weighted by atomic mass is 10.0. The van der Waals surface area contributed by atoms with Gasteiger partial charge in [-0.05, 0) is 24.3 Å². The van der Waals surface area contributed by atoms with Crippen LogP contribution < -0.4 is 5.32 Å². The van der Waals surface area contributed by atoms with Gasteiger partial charge in [0.15, 0.2) is 0 Å². The van der Waals surface area contributed by atoms with Gasteiger partial charge in [-0.3, -0.25) is 4.79 Å². The summed E-state index contributed by atoms with van der Waals surface area (Å²) in [5.74, 6) is -0.255. The zero-order valence-electron chi connectivity index (χ0n) is 12.1. The van der Waals surface area contributed by atoms with E-state index in [1.165, 1.54) is 6.07 Å². The van der Waals surface area contributed by atoms with Crippen LogP contribution in [0.4, 0.5) is 5.69 Å². The molecule has 1 aliphatic heterocycles. The molecule has 0 fully saturated rings. The van der Waals surface area contributed by atoms with Crippen LogP contribution in [0, 0.1) is 0 Å². The van der Waals surface area contributed by atoms with E-state index in [2.05, 4.69) is 11.9 Å². The molecule has 0 unspecified atom stereocenters. The van der Waals surface area contributed by atoms with Gasteiger partial charge in [0.2, 0.25) is 0 Å². The van der Waals surface area contributed by atoms with E-state index >= 15 is 0 Å². The van der Waals surface area contributed by atoms with Crippen molar-refractivity contribution in [3.63, 3.8) is 0 Å². The second-order valence-electron chi connectivity index (χ2n) is 5.16. The highest BCUT2D eigenvalue weighted by atomic mass is 35.5. The number of para-hydroxylation sites is 1. The molecule has 0 saturated carbocycles. The number of nitrogens with zero attached hydrogens (tertiary/aromatic N) is 1. The predicted octanol–water partition coefficient (Wildman–Crippen LogP) is 4.45. The minimum Gasteiger partial charge on any atom is -0.506 e. The smallest absolute Gasteiger partial charge is 0.258 e. The van der Waals surface area contributed by atoms with Crippen molar-refractivity contribution < 1.29 is 9.90 Å². The number of carbonyl (C=O) groups excluding carboxylic acids is 1. The molecule has 118 valence electrons. The van der Waals surface area contributed by atoms with Gasteiger partial charge in [-0.15, -0.1) is 6.58 Å². The number of anilines is 1. The van der Waals surface area contributed by atoms with Gasteiger partial charge in [0, 0.05) is 22.8 Å². The topological polar surface area (TPSA) is 52.6 Å². The number of fused-ring (bicyclic) bond motifs is 1. The lowest BCUT2D eigenvalue weighted by molar-refractivity contribution is 0.0706. The summed E-state index contributed by atoms with van der Waals surface area (Å²) >= 11 is 12.1. The Hall–Kier alpha value is -2.17. The molecule has 1 amide bonds. The quantitative estimate of drug-likeness (QED) is 0.805. The number of halogens is 2. The summed E-state index contributed by atoms with van der Waals surface area (Å²) in [7, 11) is 0. The van der Waals surface area contributed by atoms with Crippen LogP contribution in [-0.2, 0) is 0 Å². The Labute approximate surface area is 143 Å². The highest BCUT2D eigenvalue weighted by Crippen LogP contribution is 2.40. The summed E-state index contributed by atoms with van der Waals surface area (Å²) in [5, 5.41) is 14.1. The molecular formula is C17H14Cl2N2O2. The summed E-state index contributed by atoms with van der Waals surface area (Å²) in [6.07, 6.45) is 1.04. The Balaban J connectivity index is 2.14. The molecule has 2 aromatic carbocycles. The SMILES string of the molecule is C=CCN1C(=O)c2ccccc2N[C@H]1c1cc(Cl)cc(Cl)c1O. The van der Waals surface area contributed by atoms with E-state index in [0.29, 0.717) is 28.4 Å². The van der Waals surface area contributed by atoms with Gasteiger partial charge in [-0.25, -0.2) is 0 Å². The first-order chi connectivity index (χ1) is 11.0. The van der Waals surface area contributed by atoms with Crippen molar-refractivity contribution in [1.82, 2.24) is 4.90 Å². The van der Waals surface area contributed by atoms with E-state index in [1.807, 2.05) is 12.1 Å². The molecule has 0 bridgehead atoms. The molecule has 2 aromatic rings. The first-order valence-corrected chi connectivity index (χ1v) is 7.74. The number of rotatable bonds is 3. The normalized spacial score (nSPS) is 16.7. The van der Waals surface area contributed by atoms with Gasteiger partial charge in [0.05, 0.1) is 10.6 Å². The van der Waals surface area contributed by atoms with Crippen LogP contribution in [0.15, 0.2) is 49.1 Å². The van der Waals surface area contributed by atoms with Gasteiger partial charge in [0.1, 0.15) is 11.9 Å². The van der Waals surface area contributed by atoms with Gasteiger partial charge >= 0.3 is 0 Å². The number of hydrogen-bond acceptors (Lipinski definition) is 3. The van der Waals surface area contributed by atoms with Crippen LogP contribution in [0.2, 0.25) is 10.0 Å². The van der Waals surface area contributed by atoms with Gasteiger partial charge in [-0.1, -0.05) is 41.4 Å². The molecule has 4 nitrogen and oxygen atoms in total. The van der Waals surface area contributed by atoms with Crippen LogP contribution in [0.5, 0.6) is 5.75 Å². The summed E-state index contributed by atoms with van der Waals surface area (Å²) in [6, 6.07) is 10.3. The molecule has 0 saturated heterocycles. The Morgan fingerprint density at radius 1 is 1.30 bits per heavy atom. The van der Waals surface area contributed by atoms with E-state index < -0.39 is 6.17 Å². The van der Waals surface area contributed by atoms with E-state index in [9.17, 15) is 9.90 Å². The van der Waals surface area contributed by atoms with Crippen LogP contribution in [0.25, 0.3) is 0 Å². The fraction of sp³-hybridized carbons (Fsp3) is 0.118. The van der Waals surface area contributed by atoms with Crippen molar-refractivity contribution in [2.24, 2.45) is 0 Å². The molecular weight excluding hydrogens is 335 g/mol. The van der Waals surface area contributed by atoms with E-state index in [1.54, 1.807) is 29.2 Å². The van der Waals surface area contributed by atoms with Crippen molar-refractivity contribution in [2.75, 3.05) is 11.9 Å². The first-order valence-electron chi connectivity index (χ1n) is 6.98. The molecule has 0 aliphatic carbocycles. The van der Waals surface area contributed by atoms with Gasteiger partial charge in [-0.2, -0.15) is 0 Å². The number of carbonyl (C=O) groups is 1. The first kappa shape index (κ1) is 15.7. The molecule has 2 N–H and O–H groups in total. The largest absolute Gasteiger partial charge is 0.506 e. The zero-order chi connectivity index (χ0) is 16.6. The third-order valence-electron chi connectivity index (χ3n) is 3.70. The Bertz CT molecular complexity index is 792. The molecule has 1 aliphatic rings. The van der Waals surface area contributed by atoms with E-state index in [0.717, 1.165) is 0 Å². The predicted molar refractivity (Wildman–Crippen MR) is 92.2 cm³/mol. The third kappa shape index (κ3) is 2.76. The highest BCUT2D eigenvalue weighted by Gasteiger charge is 2.34. The number of benzene rings is 2. The second kappa shape index (κ2) is 6.14. The fourth-order valence-electron chi connectivity index (χ4n) is 2.66. The van der Waals surface area contributed by atoms with E-state index in [-0.39, 0.29) is 16.7 Å². The maximum Gasteiger partial charge on any atom is 0.258 e. The maximum atomic E-state index is 12.8. The lowest BCUT2D eigenvalue weighted by Crippen LogP contribution is -2.43. The molecule has 0 aromatic heterocycles. The Morgan fingerprint density at radius 3 is 2.78 bits per heavy atom. The van der Waals surface area contributed by atoms with Crippen LogP contribution in [0.3, 0.4) is 0 Å². The zero-order valence-corrected chi connectivity index (χ0v) is 13.6. The number of phenolic OH excluding ortho intramolecular Hbond substituents is 1. The van der Waals surface area contributed by atoms with Gasteiger partial charge < -0.3 is 15.3 Å². The third-order valence-corrected chi connectivity index (χ3v) is 4.21. The highest BCUT2D eigenvalue weighted by molar-refractivity contribution is 6.35. The number of hydrogen-bond donors (Lipinski definition) is 2. The fourth-order valence-corrected chi connectivity index (χ4v) is 3.17. The lowest BCUT2D eigenvalue weighted by Gasteiger charge is -2.37. The molecule has 3 rings (SSSR count). The van der Waals surface area contributed by atoms with Crippen LogP contribution in [-0.4, -0.2) is 22.5 Å². The van der Waals surface area contributed by atoms with Gasteiger partial charge in [0.25, 0.3) is 5.91 Å². The number of phenols is 1. The average Bonchev–Trinajstić information content (AvgIpc) is 2.53. The summed E-state index contributed by atoms with van der Waals surface area (Å²) in [6.45, 7) is 4.01. The molecule has 1 heterocycles. The monoisotopic (exact) mass is 348 g/mol. The summed E-state index contributed by atoms with van der Waals surface area (Å²) < 4.78 is 0. The summed E-state index contributed by atoms with van der Waals surface area (Å²) in [5.41, 5.74) is 1.70. The van der Waals surface area contributed by atoms with Crippen molar-refractivity contribution in [3.8, 4) is 5.75 Å². The maximum absolute atomic E-state index is 12.8. The molecule has 0 radical (unpaired) electrons. The standard InChI is InChI=1S/C17H14Cl2N2O2/c1-2-7-21-16(12-8-10(18)9-13(19)15(12)22)20-14-6-4-3-5-11(14)17(21)23/h2-6,8-9,16,20,22H,1,7H2/t16-/m1/s1. The number of aromatic hydroxyl groups is 1.